The van der Waals surface area contributed by atoms with Gasteiger partial charge in [0.1, 0.15) is 17.3 Å². The van der Waals surface area contributed by atoms with Crippen molar-refractivity contribution < 1.29 is 34.1 Å². The van der Waals surface area contributed by atoms with Crippen LogP contribution in [0.2, 0.25) is 0 Å². The molecule has 184 valence electrons. The number of amides is 1. The van der Waals surface area contributed by atoms with Crippen LogP contribution >= 0.6 is 0 Å². The highest BCUT2D eigenvalue weighted by Gasteiger charge is 2.46. The molecule has 3 aromatic carbocycles. The van der Waals surface area contributed by atoms with Gasteiger partial charge in [0.2, 0.25) is 0 Å². The van der Waals surface area contributed by atoms with Crippen LogP contribution in [0.25, 0.3) is 5.76 Å². The van der Waals surface area contributed by atoms with Gasteiger partial charge in [0, 0.05) is 6.54 Å². The fourth-order valence-electron chi connectivity index (χ4n) is 4.28. The first kappa shape index (κ1) is 24.5. The Balaban J connectivity index is 1.86. The van der Waals surface area contributed by atoms with Crippen LogP contribution in [-0.4, -0.2) is 47.0 Å². The first-order valence-corrected chi connectivity index (χ1v) is 11.1. The molecule has 1 atom stereocenters. The highest BCUT2D eigenvalue weighted by molar-refractivity contribution is 6.46. The van der Waals surface area contributed by atoms with Gasteiger partial charge in [-0.2, -0.15) is 0 Å². The summed E-state index contributed by atoms with van der Waals surface area (Å²) in [7, 11) is 2.99. The number of aryl methyl sites for hydroxylation is 1. The molecule has 36 heavy (non-hydrogen) atoms. The minimum atomic E-state index is -1.06. The summed E-state index contributed by atoms with van der Waals surface area (Å²) in [4.78, 5) is 39.1. The third-order valence-corrected chi connectivity index (χ3v) is 6.14. The second kappa shape index (κ2) is 9.95. The Bertz CT molecular complexity index is 1360. The number of Topliss-reactive ketones (excluding diaryl/α,β-unsaturated/α-hetero) is 1. The van der Waals surface area contributed by atoms with Crippen LogP contribution in [0.3, 0.4) is 0 Å². The molecule has 1 heterocycles. The number of aliphatic hydroxyl groups excluding tert-OH is 1. The monoisotopic (exact) mass is 487 g/mol. The molecule has 3 aromatic rings. The molecule has 1 saturated heterocycles. The van der Waals surface area contributed by atoms with E-state index in [0.29, 0.717) is 28.2 Å². The highest BCUT2D eigenvalue weighted by Crippen LogP contribution is 2.42. The Morgan fingerprint density at radius 1 is 0.917 bits per heavy atom. The summed E-state index contributed by atoms with van der Waals surface area (Å²) in [5.41, 5.74) is 2.43. The molecule has 2 N–H and O–H groups in total. The number of benzene rings is 3. The van der Waals surface area contributed by atoms with E-state index in [1.165, 1.54) is 31.3 Å². The normalized spacial score (nSPS) is 16.8. The summed E-state index contributed by atoms with van der Waals surface area (Å²) in [6.07, 6.45) is 0. The highest BCUT2D eigenvalue weighted by atomic mass is 16.5. The molecule has 0 saturated carbocycles. The zero-order valence-corrected chi connectivity index (χ0v) is 20.0. The average molecular weight is 488 g/mol. The molecular weight excluding hydrogens is 462 g/mol. The lowest BCUT2D eigenvalue weighted by Crippen LogP contribution is -2.29. The lowest BCUT2D eigenvalue weighted by Gasteiger charge is -2.26. The summed E-state index contributed by atoms with van der Waals surface area (Å²) < 4.78 is 10.6. The Kier molecular flexibility index (Phi) is 6.78. The van der Waals surface area contributed by atoms with Crippen molar-refractivity contribution in [1.29, 1.82) is 0 Å². The van der Waals surface area contributed by atoms with Crippen LogP contribution < -0.4 is 9.47 Å². The maximum absolute atomic E-state index is 13.3. The molecule has 1 aliphatic heterocycles. The van der Waals surface area contributed by atoms with Crippen molar-refractivity contribution in [2.75, 3.05) is 14.2 Å². The lowest BCUT2D eigenvalue weighted by molar-refractivity contribution is -0.140. The minimum absolute atomic E-state index is 0.0307. The molecular formula is C28H25NO7. The molecule has 8 nitrogen and oxygen atoms in total. The van der Waals surface area contributed by atoms with Crippen LogP contribution in [0.1, 0.15) is 38.7 Å². The number of carboxylic acid groups (broad SMARTS) is 1. The average Bonchev–Trinajstić information content (AvgIpc) is 3.13. The Hall–Kier alpha value is -4.59. The number of carboxylic acids is 1. The zero-order chi connectivity index (χ0) is 26.0. The van der Waals surface area contributed by atoms with E-state index < -0.39 is 23.7 Å². The number of methoxy groups -OCH3 is 2. The largest absolute Gasteiger partial charge is 0.507 e. The fraction of sp³-hybridized carbons (Fsp3) is 0.179. The van der Waals surface area contributed by atoms with Gasteiger partial charge in [-0.15, -0.1) is 0 Å². The lowest BCUT2D eigenvalue weighted by atomic mass is 9.94. The number of likely N-dealkylation sites (tertiary alicyclic amines) is 1. The first-order chi connectivity index (χ1) is 17.2. The summed E-state index contributed by atoms with van der Waals surface area (Å²) in [5.74, 6) is -2.03. The molecule has 0 radical (unpaired) electrons. The Morgan fingerprint density at radius 2 is 1.58 bits per heavy atom. The summed E-state index contributed by atoms with van der Waals surface area (Å²) in [5, 5.41) is 20.5. The van der Waals surface area contributed by atoms with Crippen LogP contribution in [0, 0.1) is 6.92 Å². The molecule has 0 aliphatic carbocycles. The van der Waals surface area contributed by atoms with Crippen molar-refractivity contribution in [3.8, 4) is 11.5 Å². The van der Waals surface area contributed by atoms with Crippen LogP contribution in [-0.2, 0) is 16.1 Å². The fourth-order valence-corrected chi connectivity index (χ4v) is 4.28. The molecule has 4 rings (SSSR count). The van der Waals surface area contributed by atoms with Gasteiger partial charge in [-0.3, -0.25) is 9.59 Å². The summed E-state index contributed by atoms with van der Waals surface area (Å²) in [6, 6.07) is 17.3. The summed E-state index contributed by atoms with van der Waals surface area (Å²) >= 11 is 0. The predicted molar refractivity (Wildman–Crippen MR) is 132 cm³/mol. The van der Waals surface area contributed by atoms with E-state index in [0.717, 1.165) is 5.56 Å². The van der Waals surface area contributed by atoms with E-state index in [1.54, 1.807) is 48.5 Å². The second-order valence-electron chi connectivity index (χ2n) is 8.41. The van der Waals surface area contributed by atoms with Crippen molar-refractivity contribution in [2.45, 2.75) is 19.5 Å². The number of hydrogen-bond acceptors (Lipinski definition) is 6. The topological polar surface area (TPSA) is 113 Å². The molecule has 8 heteroatoms. The number of nitrogens with zero attached hydrogens (tertiary/aromatic N) is 1. The van der Waals surface area contributed by atoms with Gasteiger partial charge in [0.25, 0.3) is 11.7 Å². The zero-order valence-electron chi connectivity index (χ0n) is 20.0. The number of aromatic carboxylic acids is 1. The number of ether oxygens (including phenoxy) is 2. The number of carbonyl (C=O) groups excluding carboxylic acids is 2. The standard InChI is InChI=1S/C28H25NO7/c1-16-4-13-22(36-3)21(14-16)25(30)23-24(18-9-11-20(35-2)12-10-18)29(27(32)26(23)31)15-17-5-7-19(8-6-17)28(33)34/h4-14,24,30H,15H2,1-3H3,(H,33,34)/b25-23+. The maximum atomic E-state index is 13.3. The molecule has 1 amide bonds. The number of ketones is 1. The smallest absolute Gasteiger partial charge is 0.335 e. The predicted octanol–water partition coefficient (Wildman–Crippen LogP) is 4.33. The van der Waals surface area contributed by atoms with E-state index in [9.17, 15) is 24.6 Å². The Labute approximate surface area is 208 Å². The van der Waals surface area contributed by atoms with E-state index in [-0.39, 0.29) is 23.4 Å². The minimum Gasteiger partial charge on any atom is -0.507 e. The Morgan fingerprint density at radius 3 is 2.17 bits per heavy atom. The second-order valence-corrected chi connectivity index (χ2v) is 8.41. The van der Waals surface area contributed by atoms with Gasteiger partial charge < -0.3 is 24.6 Å². The van der Waals surface area contributed by atoms with Crippen LogP contribution in [0.4, 0.5) is 0 Å². The van der Waals surface area contributed by atoms with Gasteiger partial charge in [-0.05, 0) is 54.4 Å². The number of hydrogen-bond donors (Lipinski definition) is 2. The first-order valence-electron chi connectivity index (χ1n) is 11.1. The van der Waals surface area contributed by atoms with Gasteiger partial charge in [0.15, 0.2) is 0 Å². The molecule has 0 bridgehead atoms. The van der Waals surface area contributed by atoms with E-state index in [2.05, 4.69) is 0 Å². The number of carbonyl (C=O) groups is 3. The van der Waals surface area contributed by atoms with Gasteiger partial charge in [-0.1, -0.05) is 35.9 Å². The third-order valence-electron chi connectivity index (χ3n) is 6.14. The molecule has 1 fully saturated rings. The van der Waals surface area contributed by atoms with Gasteiger partial charge >= 0.3 is 5.97 Å². The maximum Gasteiger partial charge on any atom is 0.335 e. The van der Waals surface area contributed by atoms with Crippen LogP contribution in [0.5, 0.6) is 11.5 Å². The SMILES string of the molecule is COc1ccc(C2/C(=C(\O)c3cc(C)ccc3OC)C(=O)C(=O)N2Cc2ccc(C(=O)O)cc2)cc1. The van der Waals surface area contributed by atoms with Crippen LogP contribution in [0.15, 0.2) is 72.3 Å². The molecule has 1 aliphatic rings. The molecule has 1 unspecified atom stereocenters. The van der Waals surface area contributed by atoms with Gasteiger partial charge in [-0.25, -0.2) is 4.79 Å². The molecule has 0 spiro atoms. The van der Waals surface area contributed by atoms with Crippen molar-refractivity contribution in [1.82, 2.24) is 4.90 Å². The van der Waals surface area contributed by atoms with Crippen molar-refractivity contribution >= 4 is 23.4 Å². The number of aliphatic hydroxyl groups is 1. The van der Waals surface area contributed by atoms with Crippen molar-refractivity contribution in [3.05, 3.63) is 100 Å². The third kappa shape index (κ3) is 4.53. The van der Waals surface area contributed by atoms with Crippen molar-refractivity contribution in [2.24, 2.45) is 0 Å². The van der Waals surface area contributed by atoms with Gasteiger partial charge in [0.05, 0.1) is 37.0 Å². The summed E-state index contributed by atoms with van der Waals surface area (Å²) in [6.45, 7) is 1.87. The number of rotatable bonds is 7. The van der Waals surface area contributed by atoms with E-state index in [1.807, 2.05) is 13.0 Å². The molecule has 0 aromatic heterocycles. The van der Waals surface area contributed by atoms with E-state index in [4.69, 9.17) is 9.47 Å². The van der Waals surface area contributed by atoms with E-state index >= 15 is 0 Å². The quantitative estimate of drug-likeness (QED) is 0.290. The van der Waals surface area contributed by atoms with Crippen molar-refractivity contribution in [3.63, 3.8) is 0 Å².